The van der Waals surface area contributed by atoms with Gasteiger partial charge in [-0.15, -0.1) is 11.3 Å². The average molecular weight is 686 g/mol. The summed E-state index contributed by atoms with van der Waals surface area (Å²) in [5.74, 6) is 0.858. The van der Waals surface area contributed by atoms with Crippen molar-refractivity contribution in [1.82, 2.24) is 10.6 Å². The van der Waals surface area contributed by atoms with E-state index in [-0.39, 0.29) is 12.3 Å². The van der Waals surface area contributed by atoms with E-state index in [1.54, 1.807) is 0 Å². The number of aliphatic imine (C=N–C) groups is 1. The second-order valence-electron chi connectivity index (χ2n) is 13.6. The van der Waals surface area contributed by atoms with Crippen LogP contribution in [0.25, 0.3) is 74.8 Å². The van der Waals surface area contributed by atoms with Crippen LogP contribution >= 0.6 is 11.3 Å². The molecular weight excluding hydrogens is 655 g/mol. The molecule has 5 heteroatoms. The van der Waals surface area contributed by atoms with Crippen LogP contribution < -0.4 is 10.6 Å². The van der Waals surface area contributed by atoms with Gasteiger partial charge in [0.05, 0.1) is 0 Å². The minimum Gasteiger partial charge on any atom is -0.456 e. The van der Waals surface area contributed by atoms with E-state index in [1.807, 2.05) is 17.4 Å². The van der Waals surface area contributed by atoms with Crippen LogP contribution in [0.5, 0.6) is 0 Å². The Hall–Kier alpha value is -6.27. The third-order valence-electron chi connectivity index (χ3n) is 10.6. The molecule has 3 heterocycles. The van der Waals surface area contributed by atoms with Gasteiger partial charge in [0.25, 0.3) is 0 Å². The number of furan rings is 1. The summed E-state index contributed by atoms with van der Waals surface area (Å²) in [4.78, 5) is 5.25. The van der Waals surface area contributed by atoms with Gasteiger partial charge in [-0.25, -0.2) is 4.99 Å². The molecule has 2 aromatic heterocycles. The molecule has 1 aliphatic heterocycles. The highest BCUT2D eigenvalue weighted by atomic mass is 32.1. The van der Waals surface area contributed by atoms with Gasteiger partial charge in [0, 0.05) is 42.1 Å². The molecule has 2 N–H and O–H groups in total. The quantitative estimate of drug-likeness (QED) is 0.181. The maximum atomic E-state index is 6.64. The fraction of sp³-hybridized carbons (Fsp3) is 0.0426. The van der Waals surface area contributed by atoms with Crippen molar-refractivity contribution in [3.63, 3.8) is 0 Å². The van der Waals surface area contributed by atoms with Gasteiger partial charge in [-0.1, -0.05) is 133 Å². The summed E-state index contributed by atoms with van der Waals surface area (Å²) < 4.78 is 9.25. The lowest BCUT2D eigenvalue weighted by molar-refractivity contribution is 0.411. The number of nitrogens with zero attached hydrogens (tertiary/aromatic N) is 1. The smallest absolute Gasteiger partial charge is 0.136 e. The summed E-state index contributed by atoms with van der Waals surface area (Å²) in [6.45, 7) is 0. The lowest BCUT2D eigenvalue weighted by Gasteiger charge is -2.32. The number of nitrogens with one attached hydrogen (secondary N) is 2. The monoisotopic (exact) mass is 685 g/mol. The van der Waals surface area contributed by atoms with Crippen LogP contribution in [0.2, 0.25) is 0 Å². The van der Waals surface area contributed by atoms with Gasteiger partial charge in [0.15, 0.2) is 0 Å². The Kier molecular flexibility index (Phi) is 6.59. The zero-order chi connectivity index (χ0) is 34.2. The SMILES string of the molecule is c1ccc(C2=NC(c3ccc4c(ccc5ccccc54)c3)NC(c3cccc4oc5cc(-c6cccc7c6sc6ccccc67)ccc5c34)N2)cc1. The number of benzene rings is 8. The van der Waals surface area contributed by atoms with Gasteiger partial charge in [0.1, 0.15) is 29.3 Å². The van der Waals surface area contributed by atoms with E-state index in [4.69, 9.17) is 9.41 Å². The Bertz CT molecular complexity index is 3050. The van der Waals surface area contributed by atoms with Gasteiger partial charge in [-0.2, -0.15) is 0 Å². The third-order valence-corrected chi connectivity index (χ3v) is 11.8. The van der Waals surface area contributed by atoms with Crippen LogP contribution in [0.15, 0.2) is 173 Å². The average Bonchev–Trinajstić information content (AvgIpc) is 3.79. The number of amidine groups is 1. The molecule has 52 heavy (non-hydrogen) atoms. The number of thiophene rings is 1. The van der Waals surface area contributed by atoms with Gasteiger partial charge in [-0.3, -0.25) is 5.32 Å². The molecule has 0 bridgehead atoms. The molecule has 0 aliphatic carbocycles. The van der Waals surface area contributed by atoms with E-state index in [0.717, 1.165) is 50.0 Å². The van der Waals surface area contributed by atoms with E-state index in [9.17, 15) is 0 Å². The van der Waals surface area contributed by atoms with E-state index >= 15 is 0 Å². The van der Waals surface area contributed by atoms with Crippen molar-refractivity contribution < 1.29 is 4.42 Å². The summed E-state index contributed by atoms with van der Waals surface area (Å²) >= 11 is 1.85. The fourth-order valence-corrected chi connectivity index (χ4v) is 9.31. The van der Waals surface area contributed by atoms with Crippen molar-refractivity contribution in [3.8, 4) is 11.1 Å². The van der Waals surface area contributed by atoms with E-state index in [0.29, 0.717) is 0 Å². The first-order valence-electron chi connectivity index (χ1n) is 17.7. The van der Waals surface area contributed by atoms with Gasteiger partial charge in [0.2, 0.25) is 0 Å². The highest BCUT2D eigenvalue weighted by molar-refractivity contribution is 7.26. The Morgan fingerprint density at radius 1 is 0.538 bits per heavy atom. The molecule has 0 amide bonds. The second kappa shape index (κ2) is 11.6. The molecule has 2 atom stereocenters. The van der Waals surface area contributed by atoms with E-state index in [1.165, 1.54) is 47.3 Å². The zero-order valence-electron chi connectivity index (χ0n) is 28.0. The molecular formula is C47H31N3OS. The highest BCUT2D eigenvalue weighted by Crippen LogP contribution is 2.42. The summed E-state index contributed by atoms with van der Waals surface area (Å²) in [6, 6.07) is 58.5. The van der Waals surface area contributed by atoms with Crippen molar-refractivity contribution >= 4 is 80.8 Å². The molecule has 0 spiro atoms. The number of rotatable bonds is 4. The standard InChI is InChI=1S/C47H31N3OS/c1-2-11-29(12-3-1)45-48-46(32-23-24-34-30(26-32)21-20-28-10-4-5-13-33(28)34)50-47(49-45)39-17-9-18-40-43(39)38-25-22-31(27-41(38)51-40)35-15-8-16-37-36-14-6-7-19-42(36)52-44(35)37/h1-27,46-47,50H,(H,48,49). The molecule has 10 aromatic rings. The molecule has 0 radical (unpaired) electrons. The van der Waals surface area contributed by atoms with Crippen molar-refractivity contribution in [1.29, 1.82) is 0 Å². The molecule has 4 nitrogen and oxygen atoms in total. The maximum absolute atomic E-state index is 6.64. The Morgan fingerprint density at radius 3 is 2.25 bits per heavy atom. The molecule has 0 saturated carbocycles. The summed E-state index contributed by atoms with van der Waals surface area (Å²) in [7, 11) is 0. The van der Waals surface area contributed by atoms with Gasteiger partial charge >= 0.3 is 0 Å². The van der Waals surface area contributed by atoms with Crippen LogP contribution in [0.3, 0.4) is 0 Å². The lowest BCUT2D eigenvalue weighted by atomic mass is 9.98. The predicted octanol–water partition coefficient (Wildman–Crippen LogP) is 12.3. The van der Waals surface area contributed by atoms with Crippen LogP contribution in [-0.2, 0) is 0 Å². The molecule has 8 aromatic carbocycles. The summed E-state index contributed by atoms with van der Waals surface area (Å²) in [6.07, 6.45) is -0.486. The van der Waals surface area contributed by atoms with Crippen molar-refractivity contribution in [2.45, 2.75) is 12.3 Å². The number of hydrogen-bond donors (Lipinski definition) is 2. The zero-order valence-corrected chi connectivity index (χ0v) is 28.8. The second-order valence-corrected chi connectivity index (χ2v) is 14.6. The van der Waals surface area contributed by atoms with E-state index < -0.39 is 0 Å². The van der Waals surface area contributed by atoms with Crippen LogP contribution in [-0.4, -0.2) is 5.84 Å². The molecule has 1 aliphatic rings. The molecule has 246 valence electrons. The predicted molar refractivity (Wildman–Crippen MR) is 218 cm³/mol. The first-order valence-corrected chi connectivity index (χ1v) is 18.5. The van der Waals surface area contributed by atoms with E-state index in [2.05, 4.69) is 168 Å². The molecule has 0 fully saturated rings. The van der Waals surface area contributed by atoms with Crippen LogP contribution in [0.4, 0.5) is 0 Å². The minimum absolute atomic E-state index is 0.221. The molecule has 2 unspecified atom stereocenters. The Labute approximate surface area is 303 Å². The fourth-order valence-electron chi connectivity index (χ4n) is 8.07. The minimum atomic E-state index is -0.265. The Balaban J connectivity index is 1.02. The number of hydrogen-bond acceptors (Lipinski definition) is 5. The summed E-state index contributed by atoms with van der Waals surface area (Å²) in [5, 5.41) is 17.4. The topological polar surface area (TPSA) is 49.6 Å². The third kappa shape index (κ3) is 4.67. The van der Waals surface area contributed by atoms with Crippen molar-refractivity contribution in [3.05, 3.63) is 180 Å². The first kappa shape index (κ1) is 29.5. The molecule has 11 rings (SSSR count). The lowest BCUT2D eigenvalue weighted by Crippen LogP contribution is -2.45. The van der Waals surface area contributed by atoms with Crippen molar-refractivity contribution in [2.75, 3.05) is 0 Å². The summed E-state index contributed by atoms with van der Waals surface area (Å²) in [5.41, 5.74) is 7.42. The number of fused-ring (bicyclic) bond motifs is 9. The van der Waals surface area contributed by atoms with Gasteiger partial charge < -0.3 is 9.73 Å². The Morgan fingerprint density at radius 2 is 1.31 bits per heavy atom. The van der Waals surface area contributed by atoms with Crippen LogP contribution in [0.1, 0.15) is 29.0 Å². The van der Waals surface area contributed by atoms with Crippen molar-refractivity contribution in [2.24, 2.45) is 4.99 Å². The first-order chi connectivity index (χ1) is 25.7. The largest absolute Gasteiger partial charge is 0.456 e. The molecule has 0 saturated heterocycles. The van der Waals surface area contributed by atoms with Gasteiger partial charge in [-0.05, 0) is 68.6 Å². The van der Waals surface area contributed by atoms with Crippen LogP contribution in [0, 0.1) is 0 Å². The maximum Gasteiger partial charge on any atom is 0.136 e. The highest BCUT2D eigenvalue weighted by Gasteiger charge is 2.28. The normalized spacial score (nSPS) is 16.3.